The van der Waals surface area contributed by atoms with Gasteiger partial charge in [0.2, 0.25) is 0 Å². The third-order valence-electron chi connectivity index (χ3n) is 1.94. The number of allylic oxidation sites excluding steroid dienone is 2. The van der Waals surface area contributed by atoms with Gasteiger partial charge in [-0.1, -0.05) is 6.08 Å². The fourth-order valence-electron chi connectivity index (χ4n) is 1.35. The number of aryl methyl sites for hydroxylation is 1. The maximum absolute atomic E-state index is 4.16. The van der Waals surface area contributed by atoms with Crippen LogP contribution in [0.5, 0.6) is 0 Å². The fraction of sp³-hybridized carbons (Fsp3) is 0.625. The Morgan fingerprint density at radius 1 is 1.62 bits per heavy atom. The Morgan fingerprint density at radius 2 is 2.46 bits per heavy atom. The largest absolute Gasteiger partial charge is 0.171 e. The van der Waals surface area contributed by atoms with E-state index in [4.69, 9.17) is 0 Å². The molecule has 1 aromatic heterocycles. The van der Waals surface area contributed by atoms with E-state index in [0.29, 0.717) is 5.25 Å². The van der Waals surface area contributed by atoms with Crippen LogP contribution < -0.4 is 0 Å². The number of aromatic nitrogens is 4. The Hall–Kier alpha value is -0.840. The van der Waals surface area contributed by atoms with Crippen molar-refractivity contribution in [2.24, 2.45) is 0 Å². The molecule has 0 saturated heterocycles. The molecule has 0 bridgehead atoms. The number of rotatable bonds is 2. The zero-order valence-corrected chi connectivity index (χ0v) is 8.58. The van der Waals surface area contributed by atoms with Gasteiger partial charge in [0.25, 0.3) is 0 Å². The van der Waals surface area contributed by atoms with E-state index in [2.05, 4.69) is 28.4 Å². The summed E-state index contributed by atoms with van der Waals surface area (Å²) in [5.41, 5.74) is 0. The van der Waals surface area contributed by atoms with Gasteiger partial charge in [-0.05, 0) is 30.4 Å². The van der Waals surface area contributed by atoms with Crippen LogP contribution in [0.25, 0.3) is 0 Å². The van der Waals surface area contributed by atoms with Gasteiger partial charge in [-0.25, -0.2) is 0 Å². The summed E-state index contributed by atoms with van der Waals surface area (Å²) in [6.45, 7) is 4.86. The third kappa shape index (κ3) is 2.09. The van der Waals surface area contributed by atoms with E-state index in [1.807, 2.05) is 18.7 Å². The van der Waals surface area contributed by atoms with Gasteiger partial charge in [0.05, 0.1) is 6.54 Å². The molecular formula is C8H12N4S. The monoisotopic (exact) mass is 196 g/mol. The van der Waals surface area contributed by atoms with Crippen molar-refractivity contribution in [3.05, 3.63) is 16.8 Å². The van der Waals surface area contributed by atoms with Crippen molar-refractivity contribution >= 4 is 11.8 Å². The Morgan fingerprint density at radius 3 is 3.00 bits per heavy atom. The van der Waals surface area contributed by atoms with Crippen LogP contribution in [0, 0.1) is 6.92 Å². The molecule has 13 heavy (non-hydrogen) atoms. The molecular weight excluding hydrogens is 184 g/mol. The van der Waals surface area contributed by atoms with Gasteiger partial charge in [-0.15, -0.1) is 22.0 Å². The Kier molecular flexibility index (Phi) is 2.35. The van der Waals surface area contributed by atoms with Crippen molar-refractivity contribution in [1.82, 2.24) is 20.2 Å². The van der Waals surface area contributed by atoms with Gasteiger partial charge in [0.15, 0.2) is 5.82 Å². The highest BCUT2D eigenvalue weighted by Gasteiger charge is 2.16. The van der Waals surface area contributed by atoms with Gasteiger partial charge < -0.3 is 0 Å². The molecule has 1 unspecified atom stereocenters. The molecule has 0 radical (unpaired) electrons. The van der Waals surface area contributed by atoms with E-state index in [9.17, 15) is 0 Å². The number of hydrogen-bond acceptors (Lipinski definition) is 4. The SMILES string of the molecule is CC1=CCC(Cn2nnc(C)n2)S1. The highest BCUT2D eigenvalue weighted by atomic mass is 32.2. The van der Waals surface area contributed by atoms with Crippen LogP contribution in [-0.2, 0) is 6.54 Å². The quantitative estimate of drug-likeness (QED) is 0.717. The normalized spacial score (nSPS) is 22.0. The summed E-state index contributed by atoms with van der Waals surface area (Å²) in [5.74, 6) is 0.743. The Bertz CT molecular complexity index is 331. The zero-order valence-electron chi connectivity index (χ0n) is 7.77. The smallest absolute Gasteiger partial charge is 0.163 e. The van der Waals surface area contributed by atoms with Crippen LogP contribution in [0.2, 0.25) is 0 Å². The zero-order chi connectivity index (χ0) is 9.26. The van der Waals surface area contributed by atoms with E-state index in [0.717, 1.165) is 18.8 Å². The maximum atomic E-state index is 4.16. The molecule has 0 aliphatic carbocycles. The topological polar surface area (TPSA) is 43.6 Å². The molecule has 5 heteroatoms. The van der Waals surface area contributed by atoms with E-state index in [-0.39, 0.29) is 0 Å². The lowest BCUT2D eigenvalue weighted by atomic mass is 10.3. The minimum atomic E-state index is 0.591. The van der Waals surface area contributed by atoms with E-state index < -0.39 is 0 Å². The summed E-state index contributed by atoms with van der Waals surface area (Å²) in [5, 5.41) is 12.5. The summed E-state index contributed by atoms with van der Waals surface area (Å²) >= 11 is 1.90. The summed E-state index contributed by atoms with van der Waals surface area (Å²) in [4.78, 5) is 3.08. The molecule has 1 aromatic rings. The minimum absolute atomic E-state index is 0.591. The van der Waals surface area contributed by atoms with Crippen LogP contribution in [-0.4, -0.2) is 25.5 Å². The highest BCUT2D eigenvalue weighted by molar-refractivity contribution is 8.03. The summed E-state index contributed by atoms with van der Waals surface area (Å²) < 4.78 is 0. The van der Waals surface area contributed by atoms with E-state index >= 15 is 0 Å². The van der Waals surface area contributed by atoms with Crippen LogP contribution >= 0.6 is 11.8 Å². The first-order valence-corrected chi connectivity index (χ1v) is 5.20. The Labute approximate surface area is 81.4 Å². The molecule has 2 heterocycles. The predicted molar refractivity (Wildman–Crippen MR) is 52.3 cm³/mol. The number of tetrazole rings is 1. The molecule has 2 rings (SSSR count). The molecule has 0 fully saturated rings. The first-order valence-electron chi connectivity index (χ1n) is 4.32. The number of hydrogen-bond donors (Lipinski definition) is 0. The van der Waals surface area contributed by atoms with Gasteiger partial charge in [-0.2, -0.15) is 4.80 Å². The van der Waals surface area contributed by atoms with Crippen molar-refractivity contribution in [3.8, 4) is 0 Å². The Balaban J connectivity index is 1.93. The maximum Gasteiger partial charge on any atom is 0.171 e. The highest BCUT2D eigenvalue weighted by Crippen LogP contribution is 2.32. The van der Waals surface area contributed by atoms with Crippen molar-refractivity contribution in [2.45, 2.75) is 32.1 Å². The molecule has 0 N–H and O–H groups in total. The van der Waals surface area contributed by atoms with Crippen LogP contribution in [0.3, 0.4) is 0 Å². The molecule has 70 valence electrons. The molecule has 1 aliphatic heterocycles. The van der Waals surface area contributed by atoms with Crippen LogP contribution in [0.1, 0.15) is 19.2 Å². The molecule has 0 aromatic carbocycles. The van der Waals surface area contributed by atoms with Gasteiger partial charge in [0.1, 0.15) is 0 Å². The molecule has 0 saturated carbocycles. The summed E-state index contributed by atoms with van der Waals surface area (Å²) in [6, 6.07) is 0. The lowest BCUT2D eigenvalue weighted by Crippen LogP contribution is -2.13. The van der Waals surface area contributed by atoms with Crippen molar-refractivity contribution in [1.29, 1.82) is 0 Å². The molecule has 4 nitrogen and oxygen atoms in total. The minimum Gasteiger partial charge on any atom is -0.163 e. The van der Waals surface area contributed by atoms with Crippen molar-refractivity contribution in [2.75, 3.05) is 0 Å². The number of thioether (sulfide) groups is 1. The second-order valence-corrected chi connectivity index (χ2v) is 4.73. The number of nitrogens with zero attached hydrogens (tertiary/aromatic N) is 4. The molecule has 0 amide bonds. The van der Waals surface area contributed by atoms with Crippen molar-refractivity contribution < 1.29 is 0 Å². The van der Waals surface area contributed by atoms with Gasteiger partial charge >= 0.3 is 0 Å². The lowest BCUT2D eigenvalue weighted by molar-refractivity contribution is 0.512. The average molecular weight is 196 g/mol. The van der Waals surface area contributed by atoms with Gasteiger partial charge in [-0.3, -0.25) is 0 Å². The first kappa shape index (κ1) is 8.74. The predicted octanol–water partition coefficient (Wildman–Crippen LogP) is 1.39. The molecule has 1 atom stereocenters. The summed E-state index contributed by atoms with van der Waals surface area (Å²) in [7, 11) is 0. The molecule has 0 spiro atoms. The standard InChI is InChI=1S/C8H12N4S/c1-6-3-4-8(13-6)5-12-10-7(2)9-11-12/h3,8H,4-5H2,1-2H3. The third-order valence-corrected chi connectivity index (χ3v) is 3.15. The average Bonchev–Trinajstić information content (AvgIpc) is 2.62. The summed E-state index contributed by atoms with van der Waals surface area (Å²) in [6.07, 6.45) is 3.39. The first-order chi connectivity index (χ1) is 6.24. The van der Waals surface area contributed by atoms with E-state index in [1.54, 1.807) is 4.80 Å². The van der Waals surface area contributed by atoms with E-state index in [1.165, 1.54) is 4.91 Å². The van der Waals surface area contributed by atoms with Crippen LogP contribution in [0.15, 0.2) is 11.0 Å². The second kappa shape index (κ2) is 3.49. The fourth-order valence-corrected chi connectivity index (χ4v) is 2.47. The lowest BCUT2D eigenvalue weighted by Gasteiger charge is -2.06. The molecule has 1 aliphatic rings. The van der Waals surface area contributed by atoms with Crippen molar-refractivity contribution in [3.63, 3.8) is 0 Å². The second-order valence-electron chi connectivity index (χ2n) is 3.18. The van der Waals surface area contributed by atoms with Gasteiger partial charge in [0, 0.05) is 5.25 Å². The van der Waals surface area contributed by atoms with Crippen LogP contribution in [0.4, 0.5) is 0 Å².